The van der Waals surface area contributed by atoms with Gasteiger partial charge in [0.05, 0.1) is 8.07 Å². The Morgan fingerprint density at radius 1 is 0.778 bits per heavy atom. The summed E-state index contributed by atoms with van der Waals surface area (Å²) in [5.74, 6) is 1.42. The molecule has 2 nitrogen and oxygen atoms in total. The first kappa shape index (κ1) is 39.9. The summed E-state index contributed by atoms with van der Waals surface area (Å²) in [5.41, 5.74) is 9.86. The number of nitrogens with zero attached hydrogens (tertiary/aromatic N) is 2. The van der Waals surface area contributed by atoms with Crippen molar-refractivity contribution < 1.29 is 20.1 Å². The largest absolute Gasteiger partial charge is 0.305 e. The Labute approximate surface area is 341 Å². The molecule has 0 saturated heterocycles. The van der Waals surface area contributed by atoms with E-state index in [2.05, 4.69) is 156 Å². The van der Waals surface area contributed by atoms with E-state index in [4.69, 9.17) is 4.98 Å². The van der Waals surface area contributed by atoms with Crippen LogP contribution in [-0.2, 0) is 31.9 Å². The van der Waals surface area contributed by atoms with Gasteiger partial charge in [0, 0.05) is 37.2 Å². The number of rotatable bonds is 8. The maximum absolute atomic E-state index is 4.81. The van der Waals surface area contributed by atoms with Crippen LogP contribution in [0, 0.1) is 24.0 Å². The molecule has 0 aliphatic heterocycles. The number of benzene rings is 4. The molecule has 0 unspecified atom stereocenters. The number of aromatic nitrogens is 2. The number of thiophene rings is 1. The van der Waals surface area contributed by atoms with Crippen molar-refractivity contribution in [1.82, 2.24) is 9.97 Å². The molecule has 1 radical (unpaired) electrons. The van der Waals surface area contributed by atoms with Crippen LogP contribution in [0.4, 0.5) is 0 Å². The first-order chi connectivity index (χ1) is 25.5. The van der Waals surface area contributed by atoms with E-state index < -0.39 is 8.07 Å². The molecule has 0 amide bonds. The Morgan fingerprint density at radius 2 is 1.54 bits per heavy atom. The number of pyridine rings is 2. The standard InChI is InChI=1S/C31H28NS.C18H24NSi.Ir/c1-31(2,23-11-6-7-12-23)24-17-18-32-28(20-24)27-14-8-13-26-25-16-15-22(19-29(25)33-30(26)27)21-9-4-3-5-10-21;1-14(2)11-16-12-17(15-9-7-6-8-10-15)19-13-18(16)20(3,4)5;/h3-5,8-10,13,15-20,23H,6-7,11-12H2,1-2H3;6-9,12-14H,11H2,1-5H3;/q2*-1;. The maximum atomic E-state index is 4.81. The van der Waals surface area contributed by atoms with Crippen molar-refractivity contribution in [3.63, 3.8) is 0 Å². The van der Waals surface area contributed by atoms with Gasteiger partial charge >= 0.3 is 0 Å². The molecule has 279 valence electrons. The van der Waals surface area contributed by atoms with Crippen molar-refractivity contribution in [3.8, 4) is 33.6 Å². The van der Waals surface area contributed by atoms with Crippen molar-refractivity contribution in [3.05, 3.63) is 139 Å². The summed E-state index contributed by atoms with van der Waals surface area (Å²) >= 11 is 1.86. The Hall–Kier alpha value is -3.73. The molecule has 4 aromatic carbocycles. The second kappa shape index (κ2) is 17.0. The Bertz CT molecular complexity index is 2320. The van der Waals surface area contributed by atoms with Crippen LogP contribution in [-0.4, -0.2) is 18.0 Å². The van der Waals surface area contributed by atoms with Gasteiger partial charge in [-0.2, -0.15) is 11.3 Å². The summed E-state index contributed by atoms with van der Waals surface area (Å²) in [4.78, 5) is 9.50. The van der Waals surface area contributed by atoms with Crippen LogP contribution < -0.4 is 5.19 Å². The van der Waals surface area contributed by atoms with Crippen molar-refractivity contribution in [2.75, 3.05) is 0 Å². The van der Waals surface area contributed by atoms with Crippen LogP contribution in [0.2, 0.25) is 19.6 Å². The molecule has 3 aromatic heterocycles. The molecule has 0 bridgehead atoms. The zero-order valence-electron chi connectivity index (χ0n) is 32.8. The zero-order chi connectivity index (χ0) is 37.2. The zero-order valence-corrected chi connectivity index (χ0v) is 37.0. The van der Waals surface area contributed by atoms with Gasteiger partial charge < -0.3 is 9.97 Å². The van der Waals surface area contributed by atoms with Gasteiger partial charge in [0.25, 0.3) is 0 Å². The normalized spacial score (nSPS) is 13.6. The van der Waals surface area contributed by atoms with Crippen LogP contribution in [0.3, 0.4) is 0 Å². The van der Waals surface area contributed by atoms with E-state index in [1.807, 2.05) is 35.7 Å². The molecule has 7 aromatic rings. The van der Waals surface area contributed by atoms with Gasteiger partial charge in [-0.25, -0.2) is 0 Å². The minimum absolute atomic E-state index is 0. The predicted octanol–water partition coefficient (Wildman–Crippen LogP) is 13.3. The molecule has 1 aliphatic rings. The third-order valence-corrected chi connectivity index (χ3v) is 14.3. The minimum atomic E-state index is -1.34. The van der Waals surface area contributed by atoms with Crippen LogP contribution in [0.1, 0.15) is 64.5 Å². The van der Waals surface area contributed by atoms with Gasteiger partial charge in [0.15, 0.2) is 0 Å². The molecular weight excluding hydrogens is 869 g/mol. The number of fused-ring (bicyclic) bond motifs is 3. The smallest absolute Gasteiger partial charge is 0.0798 e. The summed E-state index contributed by atoms with van der Waals surface area (Å²) in [6.45, 7) is 16.6. The van der Waals surface area contributed by atoms with E-state index in [1.54, 1.807) is 0 Å². The van der Waals surface area contributed by atoms with Gasteiger partial charge in [-0.3, -0.25) is 0 Å². The Morgan fingerprint density at radius 3 is 2.24 bits per heavy atom. The molecule has 0 atom stereocenters. The van der Waals surface area contributed by atoms with Gasteiger partial charge in [0.1, 0.15) is 0 Å². The second-order valence-corrected chi connectivity index (χ2v) is 22.8. The molecule has 8 rings (SSSR count). The van der Waals surface area contributed by atoms with Crippen molar-refractivity contribution >= 4 is 44.8 Å². The molecular formula is C49H52IrN2SSi-2. The van der Waals surface area contributed by atoms with Crippen LogP contribution >= 0.6 is 11.3 Å². The second-order valence-electron chi connectivity index (χ2n) is 16.8. The van der Waals surface area contributed by atoms with Gasteiger partial charge in [-0.05, 0) is 92.0 Å². The molecule has 5 heteroatoms. The third kappa shape index (κ3) is 8.71. The summed E-state index contributed by atoms with van der Waals surface area (Å²) in [5, 5.41) is 4.10. The monoisotopic (exact) mass is 921 g/mol. The third-order valence-electron chi connectivity index (χ3n) is 11.1. The van der Waals surface area contributed by atoms with Crippen molar-refractivity contribution in [2.45, 2.75) is 84.9 Å². The average Bonchev–Trinajstić information content (AvgIpc) is 3.84. The van der Waals surface area contributed by atoms with E-state index in [0.29, 0.717) is 5.92 Å². The van der Waals surface area contributed by atoms with Crippen molar-refractivity contribution in [2.24, 2.45) is 11.8 Å². The van der Waals surface area contributed by atoms with Crippen LogP contribution in [0.15, 0.2) is 116 Å². The topological polar surface area (TPSA) is 25.8 Å². The fraction of sp³-hybridized carbons (Fsp3) is 0.306. The van der Waals surface area contributed by atoms with Crippen LogP contribution in [0.5, 0.6) is 0 Å². The summed E-state index contributed by atoms with van der Waals surface area (Å²) in [6.07, 6.45) is 10.6. The molecule has 54 heavy (non-hydrogen) atoms. The molecule has 1 fully saturated rings. The SMILES string of the molecule is CC(C)(c1ccnc(-c2[c-]ccc3c2sc2cc(-c4ccccc4)ccc23)c1)C1CCCC1.CC(C)Cc1cc(-c2[c-]cccc2)ncc1[Si](C)(C)C.[Ir]. The molecule has 0 N–H and O–H groups in total. The number of hydrogen-bond donors (Lipinski definition) is 0. The van der Waals surface area contributed by atoms with E-state index in [-0.39, 0.29) is 25.5 Å². The predicted molar refractivity (Wildman–Crippen MR) is 232 cm³/mol. The van der Waals surface area contributed by atoms with Crippen molar-refractivity contribution in [1.29, 1.82) is 0 Å². The van der Waals surface area contributed by atoms with E-state index in [9.17, 15) is 0 Å². The minimum Gasteiger partial charge on any atom is -0.305 e. The Kier molecular flexibility index (Phi) is 12.5. The summed E-state index contributed by atoms with van der Waals surface area (Å²) in [6, 6.07) is 43.4. The van der Waals surface area contributed by atoms with Gasteiger partial charge in [0.2, 0.25) is 0 Å². The number of hydrogen-bond acceptors (Lipinski definition) is 3. The van der Waals surface area contributed by atoms with Crippen LogP contribution in [0.25, 0.3) is 53.8 Å². The molecule has 0 spiro atoms. The maximum Gasteiger partial charge on any atom is 0.0798 e. The molecule has 1 saturated carbocycles. The first-order valence-electron chi connectivity index (χ1n) is 19.3. The Balaban J connectivity index is 0.000000205. The van der Waals surface area contributed by atoms with E-state index in [1.165, 1.54) is 73.3 Å². The van der Waals surface area contributed by atoms with Gasteiger partial charge in [-0.1, -0.05) is 126 Å². The fourth-order valence-corrected chi connectivity index (χ4v) is 10.9. The molecule has 1 aliphatic carbocycles. The first-order valence-corrected chi connectivity index (χ1v) is 23.7. The quantitative estimate of drug-likeness (QED) is 0.112. The molecule has 3 heterocycles. The average molecular weight is 921 g/mol. The van der Waals surface area contributed by atoms with Gasteiger partial charge in [-0.15, -0.1) is 59.7 Å². The van der Waals surface area contributed by atoms with E-state index >= 15 is 0 Å². The summed E-state index contributed by atoms with van der Waals surface area (Å²) in [7, 11) is -1.34. The fourth-order valence-electron chi connectivity index (χ4n) is 8.07. The summed E-state index contributed by atoms with van der Waals surface area (Å²) < 4.78 is 2.59. The van der Waals surface area contributed by atoms with E-state index in [0.717, 1.165) is 34.9 Å².